The van der Waals surface area contributed by atoms with Crippen molar-refractivity contribution in [2.75, 3.05) is 26.2 Å². The maximum Gasteiger partial charge on any atom is 0.269 e. The number of carbonyl (C=O) groups is 1. The van der Waals surface area contributed by atoms with Crippen LogP contribution in [0.3, 0.4) is 0 Å². The second-order valence-corrected chi connectivity index (χ2v) is 6.57. The average molecular weight is 332 g/mol. The predicted octanol–water partition coefficient (Wildman–Crippen LogP) is 1.20. The molecule has 0 bridgehead atoms. The molecule has 1 aliphatic rings. The van der Waals surface area contributed by atoms with Gasteiger partial charge in [-0.1, -0.05) is 18.2 Å². The molecule has 3 rings (SSSR count). The van der Waals surface area contributed by atoms with Crippen molar-refractivity contribution in [3.8, 4) is 0 Å². The third kappa shape index (κ3) is 3.75. The first-order chi connectivity index (χ1) is 11.1. The van der Waals surface area contributed by atoms with Gasteiger partial charge in [-0.3, -0.25) is 14.9 Å². The largest absolute Gasteiger partial charge is 0.328 e. The molecule has 1 amide bonds. The van der Waals surface area contributed by atoms with Gasteiger partial charge in [-0.25, -0.2) is 0 Å². The van der Waals surface area contributed by atoms with Crippen LogP contribution in [0.2, 0.25) is 0 Å². The van der Waals surface area contributed by atoms with Crippen LogP contribution >= 0.6 is 11.3 Å². The van der Waals surface area contributed by atoms with Gasteiger partial charge in [0, 0.05) is 17.7 Å². The van der Waals surface area contributed by atoms with Crippen molar-refractivity contribution in [1.82, 2.24) is 4.90 Å². The number of piperazine rings is 1. The first kappa shape index (κ1) is 15.6. The molecule has 7 heteroatoms. The smallest absolute Gasteiger partial charge is 0.269 e. The molecule has 1 aromatic carbocycles. The number of nitro benzene ring substituents is 1. The van der Waals surface area contributed by atoms with Gasteiger partial charge in [0.05, 0.1) is 36.0 Å². The first-order valence-electron chi connectivity index (χ1n) is 7.53. The van der Waals surface area contributed by atoms with Crippen molar-refractivity contribution in [1.29, 1.82) is 0 Å². The van der Waals surface area contributed by atoms with Crippen molar-refractivity contribution < 1.29 is 14.6 Å². The molecule has 0 radical (unpaired) electrons. The number of hydrogen-bond acceptors (Lipinski definition) is 4. The quantitative estimate of drug-likeness (QED) is 0.676. The van der Waals surface area contributed by atoms with Gasteiger partial charge in [-0.2, -0.15) is 0 Å². The number of nitro groups is 1. The van der Waals surface area contributed by atoms with E-state index in [0.717, 1.165) is 43.2 Å². The lowest BCUT2D eigenvalue weighted by Crippen LogP contribution is -3.13. The Morgan fingerprint density at radius 3 is 2.70 bits per heavy atom. The van der Waals surface area contributed by atoms with E-state index in [1.165, 1.54) is 22.3 Å². The molecule has 0 aliphatic carbocycles. The molecule has 23 heavy (non-hydrogen) atoms. The fourth-order valence-corrected chi connectivity index (χ4v) is 3.52. The number of amides is 1. The van der Waals surface area contributed by atoms with Crippen LogP contribution in [0.15, 0.2) is 41.8 Å². The minimum atomic E-state index is -0.365. The zero-order valence-electron chi connectivity index (χ0n) is 12.6. The van der Waals surface area contributed by atoms with Gasteiger partial charge in [0.1, 0.15) is 6.54 Å². The molecule has 6 nitrogen and oxygen atoms in total. The molecule has 1 fully saturated rings. The van der Waals surface area contributed by atoms with E-state index in [1.54, 1.807) is 12.1 Å². The van der Waals surface area contributed by atoms with E-state index < -0.39 is 0 Å². The van der Waals surface area contributed by atoms with Crippen LogP contribution in [-0.4, -0.2) is 41.9 Å². The van der Waals surface area contributed by atoms with Crippen LogP contribution in [0.4, 0.5) is 5.69 Å². The lowest BCUT2D eigenvalue weighted by molar-refractivity contribution is -0.917. The highest BCUT2D eigenvalue weighted by atomic mass is 32.1. The summed E-state index contributed by atoms with van der Waals surface area (Å²) in [6.45, 7) is 3.92. The normalized spacial score (nSPS) is 15.6. The fourth-order valence-electron chi connectivity index (χ4n) is 2.83. The molecule has 1 saturated heterocycles. The van der Waals surface area contributed by atoms with Crippen LogP contribution in [0.1, 0.15) is 15.2 Å². The molecular weight excluding hydrogens is 314 g/mol. The Balaban J connectivity index is 1.56. The molecule has 1 N–H and O–H groups in total. The van der Waals surface area contributed by atoms with Gasteiger partial charge < -0.3 is 9.80 Å². The number of thiophene rings is 1. The van der Waals surface area contributed by atoms with E-state index in [-0.39, 0.29) is 16.5 Å². The number of nitrogens with one attached hydrogen (secondary N) is 1. The highest BCUT2D eigenvalue weighted by molar-refractivity contribution is 7.12. The van der Waals surface area contributed by atoms with Crippen LogP contribution in [0, 0.1) is 10.1 Å². The van der Waals surface area contributed by atoms with Crippen LogP contribution in [0.25, 0.3) is 0 Å². The maximum absolute atomic E-state index is 12.3. The zero-order chi connectivity index (χ0) is 16.2. The monoisotopic (exact) mass is 332 g/mol. The minimum Gasteiger partial charge on any atom is -0.328 e. The number of non-ortho nitro benzene ring substituents is 1. The molecule has 1 aromatic heterocycles. The number of quaternary nitrogens is 1. The molecule has 0 atom stereocenters. The van der Waals surface area contributed by atoms with Crippen molar-refractivity contribution >= 4 is 22.9 Å². The van der Waals surface area contributed by atoms with Crippen molar-refractivity contribution in [2.45, 2.75) is 6.54 Å². The Bertz CT molecular complexity index is 694. The molecule has 0 unspecified atom stereocenters. The minimum absolute atomic E-state index is 0.106. The molecule has 0 saturated carbocycles. The SMILES string of the molecule is O=C(c1cccs1)N1CC[NH+](Cc2cccc([N+](=O)[O-])c2)CC1. The zero-order valence-corrected chi connectivity index (χ0v) is 13.4. The van der Waals surface area contributed by atoms with E-state index >= 15 is 0 Å². The first-order valence-corrected chi connectivity index (χ1v) is 8.41. The topological polar surface area (TPSA) is 67.9 Å². The number of hydrogen-bond donors (Lipinski definition) is 1. The van der Waals surface area contributed by atoms with Crippen molar-refractivity contribution in [3.05, 3.63) is 62.3 Å². The van der Waals surface area contributed by atoms with E-state index in [9.17, 15) is 14.9 Å². The highest BCUT2D eigenvalue weighted by Gasteiger charge is 2.25. The molecular formula is C16H18N3O3S+. The van der Waals surface area contributed by atoms with Gasteiger partial charge in [0.2, 0.25) is 0 Å². The summed E-state index contributed by atoms with van der Waals surface area (Å²) in [5.41, 5.74) is 1.10. The van der Waals surface area contributed by atoms with Crippen LogP contribution in [-0.2, 0) is 6.54 Å². The van der Waals surface area contributed by atoms with E-state index in [4.69, 9.17) is 0 Å². The molecule has 2 heterocycles. The fraction of sp³-hybridized carbons (Fsp3) is 0.312. The lowest BCUT2D eigenvalue weighted by atomic mass is 10.1. The lowest BCUT2D eigenvalue weighted by Gasteiger charge is -2.32. The average Bonchev–Trinajstić information content (AvgIpc) is 3.09. The van der Waals surface area contributed by atoms with Crippen LogP contribution in [0.5, 0.6) is 0 Å². The third-order valence-electron chi connectivity index (χ3n) is 4.07. The van der Waals surface area contributed by atoms with Crippen molar-refractivity contribution in [2.24, 2.45) is 0 Å². The maximum atomic E-state index is 12.3. The van der Waals surface area contributed by atoms with Gasteiger partial charge >= 0.3 is 0 Å². The molecule has 120 valence electrons. The highest BCUT2D eigenvalue weighted by Crippen LogP contribution is 2.13. The molecule has 2 aromatic rings. The molecule has 0 spiro atoms. The Kier molecular flexibility index (Phi) is 4.68. The summed E-state index contributed by atoms with van der Waals surface area (Å²) in [7, 11) is 0. The standard InChI is InChI=1S/C16H17N3O3S/c20-16(15-5-2-10-23-15)18-8-6-17(7-9-18)12-13-3-1-4-14(11-13)19(21)22/h1-5,10-11H,6-9,12H2/p+1. The Morgan fingerprint density at radius 2 is 2.04 bits per heavy atom. The Morgan fingerprint density at radius 1 is 1.26 bits per heavy atom. The Hall–Kier alpha value is -2.25. The summed E-state index contributed by atoms with van der Waals surface area (Å²) in [5.74, 6) is 0.106. The predicted molar refractivity (Wildman–Crippen MR) is 87.7 cm³/mol. The summed E-state index contributed by atoms with van der Waals surface area (Å²) in [6.07, 6.45) is 0. The van der Waals surface area contributed by atoms with Gasteiger partial charge in [0.25, 0.3) is 11.6 Å². The summed E-state index contributed by atoms with van der Waals surface area (Å²) in [6, 6.07) is 10.5. The second-order valence-electron chi connectivity index (χ2n) is 5.62. The third-order valence-corrected chi connectivity index (χ3v) is 4.92. The number of nitrogens with zero attached hydrogens (tertiary/aromatic N) is 2. The van der Waals surface area contributed by atoms with E-state index in [2.05, 4.69) is 0 Å². The summed E-state index contributed by atoms with van der Waals surface area (Å²) < 4.78 is 0. The van der Waals surface area contributed by atoms with Crippen LogP contribution < -0.4 is 4.90 Å². The number of benzene rings is 1. The summed E-state index contributed by atoms with van der Waals surface area (Å²) in [4.78, 5) is 26.8. The summed E-state index contributed by atoms with van der Waals surface area (Å²) in [5, 5.41) is 12.7. The van der Waals surface area contributed by atoms with Gasteiger partial charge in [-0.15, -0.1) is 11.3 Å². The van der Waals surface area contributed by atoms with E-state index in [0.29, 0.717) is 0 Å². The summed E-state index contributed by atoms with van der Waals surface area (Å²) >= 11 is 1.47. The van der Waals surface area contributed by atoms with E-state index in [1.807, 2.05) is 28.5 Å². The van der Waals surface area contributed by atoms with Crippen molar-refractivity contribution in [3.63, 3.8) is 0 Å². The second kappa shape index (κ2) is 6.89. The van der Waals surface area contributed by atoms with Gasteiger partial charge in [-0.05, 0) is 11.4 Å². The number of carbonyl (C=O) groups excluding carboxylic acids is 1. The Labute approximate surface area is 138 Å². The molecule has 1 aliphatic heterocycles. The number of rotatable bonds is 4. The van der Waals surface area contributed by atoms with Gasteiger partial charge in [0.15, 0.2) is 0 Å².